The molecule has 0 spiro atoms. The number of rotatable bonds is 3. The molecule has 3 rings (SSSR count). The predicted octanol–water partition coefficient (Wildman–Crippen LogP) is 1.62. The standard InChI is InChI=1S/C15H15NO4/c1-19-11-5-6-12(20-2)15-9(11)3-4-10(15)16-13(17)7-8-14(16)18/h5-8,10H,3-4H2,1-2H3/t10-/m0/s1. The van der Waals surface area contributed by atoms with Crippen molar-refractivity contribution in [1.29, 1.82) is 0 Å². The van der Waals surface area contributed by atoms with Gasteiger partial charge in [0.2, 0.25) is 0 Å². The van der Waals surface area contributed by atoms with Crippen molar-refractivity contribution in [2.75, 3.05) is 14.2 Å². The monoisotopic (exact) mass is 273 g/mol. The predicted molar refractivity (Wildman–Crippen MR) is 71.6 cm³/mol. The summed E-state index contributed by atoms with van der Waals surface area (Å²) >= 11 is 0. The fourth-order valence-electron chi connectivity index (χ4n) is 3.02. The van der Waals surface area contributed by atoms with Crippen LogP contribution >= 0.6 is 0 Å². The number of amides is 2. The number of methoxy groups -OCH3 is 2. The van der Waals surface area contributed by atoms with Crippen molar-refractivity contribution in [2.45, 2.75) is 18.9 Å². The zero-order valence-electron chi connectivity index (χ0n) is 11.4. The second kappa shape index (κ2) is 4.67. The maximum absolute atomic E-state index is 11.9. The van der Waals surface area contributed by atoms with Crippen molar-refractivity contribution in [3.8, 4) is 11.5 Å². The van der Waals surface area contributed by atoms with Crippen LogP contribution in [0.2, 0.25) is 0 Å². The minimum absolute atomic E-state index is 0.266. The number of imide groups is 1. The maximum atomic E-state index is 11.9. The quantitative estimate of drug-likeness (QED) is 0.785. The minimum atomic E-state index is -0.273. The first-order chi connectivity index (χ1) is 9.67. The van der Waals surface area contributed by atoms with Gasteiger partial charge in [-0.3, -0.25) is 14.5 Å². The van der Waals surface area contributed by atoms with E-state index in [1.165, 1.54) is 17.1 Å². The smallest absolute Gasteiger partial charge is 0.254 e. The van der Waals surface area contributed by atoms with Crippen LogP contribution in [0.15, 0.2) is 24.3 Å². The molecule has 1 aromatic carbocycles. The molecule has 0 saturated carbocycles. The Morgan fingerprint density at radius 1 is 1.05 bits per heavy atom. The van der Waals surface area contributed by atoms with Crippen molar-refractivity contribution >= 4 is 11.8 Å². The summed E-state index contributed by atoms with van der Waals surface area (Å²) in [6.07, 6.45) is 4.09. The molecule has 0 fully saturated rings. The molecule has 104 valence electrons. The molecule has 2 amide bonds. The van der Waals surface area contributed by atoms with Crippen molar-refractivity contribution in [1.82, 2.24) is 4.90 Å². The third-order valence-electron chi connectivity index (χ3n) is 3.87. The topological polar surface area (TPSA) is 55.8 Å². The molecule has 1 aliphatic heterocycles. The van der Waals surface area contributed by atoms with E-state index in [1.807, 2.05) is 12.1 Å². The second-order valence-electron chi connectivity index (χ2n) is 4.80. The van der Waals surface area contributed by atoms with Gasteiger partial charge in [0.25, 0.3) is 11.8 Å². The fourth-order valence-corrected chi connectivity index (χ4v) is 3.02. The van der Waals surface area contributed by atoms with Crippen LogP contribution in [0.5, 0.6) is 11.5 Å². The van der Waals surface area contributed by atoms with Gasteiger partial charge in [-0.1, -0.05) is 0 Å². The molecule has 0 radical (unpaired) electrons. The van der Waals surface area contributed by atoms with E-state index in [0.717, 1.165) is 23.3 Å². The molecule has 0 N–H and O–H groups in total. The van der Waals surface area contributed by atoms with Crippen LogP contribution in [0.4, 0.5) is 0 Å². The van der Waals surface area contributed by atoms with Crippen LogP contribution in [0.3, 0.4) is 0 Å². The molecule has 1 aromatic rings. The Morgan fingerprint density at radius 2 is 1.65 bits per heavy atom. The highest BCUT2D eigenvalue weighted by Gasteiger charge is 2.39. The Kier molecular flexibility index (Phi) is 2.97. The molecule has 0 saturated heterocycles. The lowest BCUT2D eigenvalue weighted by Crippen LogP contribution is -2.33. The number of nitrogens with zero attached hydrogens (tertiary/aromatic N) is 1. The summed E-state index contributed by atoms with van der Waals surface area (Å²) in [5, 5.41) is 0. The van der Waals surface area contributed by atoms with Crippen LogP contribution < -0.4 is 9.47 Å². The molecule has 0 unspecified atom stereocenters. The summed E-state index contributed by atoms with van der Waals surface area (Å²) in [6.45, 7) is 0. The van der Waals surface area contributed by atoms with Gasteiger partial charge in [0.15, 0.2) is 0 Å². The Morgan fingerprint density at radius 3 is 2.25 bits per heavy atom. The lowest BCUT2D eigenvalue weighted by molar-refractivity contribution is -0.139. The number of carbonyl (C=O) groups is 2. The number of fused-ring (bicyclic) bond motifs is 1. The van der Waals surface area contributed by atoms with Gasteiger partial charge in [0.1, 0.15) is 11.5 Å². The molecular weight excluding hydrogens is 258 g/mol. The lowest BCUT2D eigenvalue weighted by atomic mass is 10.0. The normalized spacial score (nSPS) is 20.5. The zero-order chi connectivity index (χ0) is 14.3. The molecule has 5 nitrogen and oxygen atoms in total. The third kappa shape index (κ3) is 1.70. The van der Waals surface area contributed by atoms with Crippen molar-refractivity contribution in [3.63, 3.8) is 0 Å². The average Bonchev–Trinajstić information content (AvgIpc) is 3.02. The number of ether oxygens (including phenoxy) is 2. The Bertz CT molecular complexity index is 603. The summed E-state index contributed by atoms with van der Waals surface area (Å²) in [5.74, 6) is 0.932. The van der Waals surface area contributed by atoms with E-state index in [1.54, 1.807) is 14.2 Å². The van der Waals surface area contributed by atoms with E-state index in [0.29, 0.717) is 12.2 Å². The molecule has 0 aromatic heterocycles. The molecule has 0 bridgehead atoms. The highest BCUT2D eigenvalue weighted by Crippen LogP contribution is 2.46. The summed E-state index contributed by atoms with van der Waals surface area (Å²) in [4.78, 5) is 25.1. The van der Waals surface area contributed by atoms with Gasteiger partial charge < -0.3 is 9.47 Å². The van der Waals surface area contributed by atoms with Crippen molar-refractivity contribution in [2.24, 2.45) is 0 Å². The average molecular weight is 273 g/mol. The Labute approximate surface area is 116 Å². The number of carbonyl (C=O) groups excluding carboxylic acids is 2. The molecule has 20 heavy (non-hydrogen) atoms. The summed E-state index contributed by atoms with van der Waals surface area (Å²) < 4.78 is 10.8. The SMILES string of the molecule is COc1ccc(OC)c2c1CC[C@@H]2N1C(=O)C=CC1=O. The van der Waals surface area contributed by atoms with E-state index in [9.17, 15) is 9.59 Å². The van der Waals surface area contributed by atoms with Crippen molar-refractivity contribution in [3.05, 3.63) is 35.4 Å². The number of benzene rings is 1. The first-order valence-corrected chi connectivity index (χ1v) is 6.46. The highest BCUT2D eigenvalue weighted by atomic mass is 16.5. The zero-order valence-corrected chi connectivity index (χ0v) is 11.4. The largest absolute Gasteiger partial charge is 0.496 e. The first kappa shape index (κ1) is 12.7. The molecule has 2 aliphatic rings. The van der Waals surface area contributed by atoms with Gasteiger partial charge in [-0.15, -0.1) is 0 Å². The molecule has 1 atom stereocenters. The van der Waals surface area contributed by atoms with Crippen LogP contribution in [0.1, 0.15) is 23.6 Å². The van der Waals surface area contributed by atoms with E-state index in [-0.39, 0.29) is 17.9 Å². The van der Waals surface area contributed by atoms with Gasteiger partial charge in [0, 0.05) is 23.3 Å². The van der Waals surface area contributed by atoms with Gasteiger partial charge >= 0.3 is 0 Å². The fraction of sp³-hybridized carbons (Fsp3) is 0.333. The third-order valence-corrected chi connectivity index (χ3v) is 3.87. The lowest BCUT2D eigenvalue weighted by Gasteiger charge is -2.24. The van der Waals surface area contributed by atoms with Gasteiger partial charge in [0.05, 0.1) is 20.3 Å². The van der Waals surface area contributed by atoms with Gasteiger partial charge in [-0.2, -0.15) is 0 Å². The van der Waals surface area contributed by atoms with E-state index in [2.05, 4.69) is 0 Å². The van der Waals surface area contributed by atoms with Crippen LogP contribution in [0.25, 0.3) is 0 Å². The van der Waals surface area contributed by atoms with Gasteiger partial charge in [-0.25, -0.2) is 0 Å². The maximum Gasteiger partial charge on any atom is 0.254 e. The van der Waals surface area contributed by atoms with Crippen LogP contribution in [0, 0.1) is 0 Å². The van der Waals surface area contributed by atoms with Crippen LogP contribution in [-0.2, 0) is 16.0 Å². The molecule has 1 aliphatic carbocycles. The molecule has 5 heteroatoms. The Hall–Kier alpha value is -2.30. The molecular formula is C15H15NO4. The summed E-state index contributed by atoms with van der Waals surface area (Å²) in [7, 11) is 3.20. The van der Waals surface area contributed by atoms with Gasteiger partial charge in [-0.05, 0) is 25.0 Å². The second-order valence-corrected chi connectivity index (χ2v) is 4.80. The number of hydrogen-bond acceptors (Lipinski definition) is 4. The van der Waals surface area contributed by atoms with E-state index < -0.39 is 0 Å². The summed E-state index contributed by atoms with van der Waals surface area (Å²) in [5.41, 5.74) is 1.90. The minimum Gasteiger partial charge on any atom is -0.496 e. The van der Waals surface area contributed by atoms with Crippen molar-refractivity contribution < 1.29 is 19.1 Å². The summed E-state index contributed by atoms with van der Waals surface area (Å²) in [6, 6.07) is 3.39. The highest BCUT2D eigenvalue weighted by molar-refractivity contribution is 6.13. The Balaban J connectivity index is 2.09. The van der Waals surface area contributed by atoms with Crippen LogP contribution in [-0.4, -0.2) is 30.9 Å². The number of hydrogen-bond donors (Lipinski definition) is 0. The van der Waals surface area contributed by atoms with E-state index >= 15 is 0 Å². The molecule has 1 heterocycles. The first-order valence-electron chi connectivity index (χ1n) is 6.46. The van der Waals surface area contributed by atoms with E-state index in [4.69, 9.17) is 9.47 Å².